The Labute approximate surface area is 199 Å². The third-order valence-electron chi connectivity index (χ3n) is 5.45. The van der Waals surface area contributed by atoms with E-state index >= 15 is 0 Å². The predicted molar refractivity (Wildman–Crippen MR) is 129 cm³/mol. The summed E-state index contributed by atoms with van der Waals surface area (Å²) in [6.45, 7) is 0. The second kappa shape index (κ2) is 8.15. The summed E-state index contributed by atoms with van der Waals surface area (Å²) in [4.78, 5) is 12.2. The molecule has 0 aliphatic carbocycles. The summed E-state index contributed by atoms with van der Waals surface area (Å²) in [5, 5.41) is 8.34. The van der Waals surface area contributed by atoms with Crippen LogP contribution >= 0.6 is 11.6 Å². The molecular formula is C23H18ClN5O4S. The zero-order valence-corrected chi connectivity index (χ0v) is 19.6. The molecule has 0 aliphatic heterocycles. The first-order valence-electron chi connectivity index (χ1n) is 10.1. The Morgan fingerprint density at radius 3 is 2.32 bits per heavy atom. The van der Waals surface area contributed by atoms with Gasteiger partial charge in [0.05, 0.1) is 32.2 Å². The summed E-state index contributed by atoms with van der Waals surface area (Å²) in [6, 6.07) is 18.4. The fourth-order valence-electron chi connectivity index (χ4n) is 3.65. The van der Waals surface area contributed by atoms with Gasteiger partial charge in [-0.1, -0.05) is 29.8 Å². The minimum absolute atomic E-state index is 0.0193. The molecule has 0 fully saturated rings. The maximum absolute atomic E-state index is 13.0. The van der Waals surface area contributed by atoms with E-state index in [2.05, 4.69) is 14.9 Å². The van der Waals surface area contributed by atoms with Crippen molar-refractivity contribution in [3.05, 3.63) is 82.2 Å². The van der Waals surface area contributed by atoms with E-state index in [1.807, 2.05) is 30.3 Å². The molecule has 5 aromatic rings. The van der Waals surface area contributed by atoms with Gasteiger partial charge in [-0.3, -0.25) is 13.9 Å². The van der Waals surface area contributed by atoms with Gasteiger partial charge in [0.1, 0.15) is 0 Å². The van der Waals surface area contributed by atoms with Gasteiger partial charge in [0.15, 0.2) is 0 Å². The van der Waals surface area contributed by atoms with Crippen molar-refractivity contribution < 1.29 is 12.8 Å². The van der Waals surface area contributed by atoms with Gasteiger partial charge >= 0.3 is 5.69 Å². The molecule has 3 aromatic carbocycles. The predicted octanol–water partition coefficient (Wildman–Crippen LogP) is 4.05. The molecule has 0 spiro atoms. The smallest absolute Gasteiger partial charge is 0.328 e. The van der Waals surface area contributed by atoms with Gasteiger partial charge < -0.3 is 4.42 Å². The van der Waals surface area contributed by atoms with E-state index in [9.17, 15) is 13.2 Å². The molecule has 0 saturated carbocycles. The van der Waals surface area contributed by atoms with E-state index < -0.39 is 10.0 Å². The van der Waals surface area contributed by atoms with Crippen molar-refractivity contribution in [3.8, 4) is 22.9 Å². The van der Waals surface area contributed by atoms with E-state index in [4.69, 9.17) is 16.0 Å². The molecule has 1 N–H and O–H groups in total. The molecule has 11 heteroatoms. The molecule has 34 heavy (non-hydrogen) atoms. The molecule has 2 aromatic heterocycles. The second-order valence-electron chi connectivity index (χ2n) is 7.63. The highest BCUT2D eigenvalue weighted by molar-refractivity contribution is 7.92. The van der Waals surface area contributed by atoms with Crippen molar-refractivity contribution >= 4 is 38.3 Å². The highest BCUT2D eigenvalue weighted by Crippen LogP contribution is 2.32. The number of nitrogens with zero attached hydrogens (tertiary/aromatic N) is 4. The lowest BCUT2D eigenvalue weighted by molar-refractivity contribution is 0.584. The lowest BCUT2D eigenvalue weighted by Gasteiger charge is -2.10. The molecule has 9 nitrogen and oxygen atoms in total. The number of hydrogen-bond acceptors (Lipinski definition) is 6. The Morgan fingerprint density at radius 1 is 0.882 bits per heavy atom. The molecule has 5 rings (SSSR count). The maximum atomic E-state index is 13.0. The number of nitrogens with one attached hydrogen (secondary N) is 1. The average Bonchev–Trinajstić information content (AvgIpc) is 3.39. The van der Waals surface area contributed by atoms with E-state index in [1.54, 1.807) is 32.3 Å². The molecule has 0 aliphatic rings. The second-order valence-corrected chi connectivity index (χ2v) is 9.72. The van der Waals surface area contributed by atoms with E-state index in [1.165, 1.54) is 27.3 Å². The fraction of sp³-hybridized carbons (Fsp3) is 0.0870. The van der Waals surface area contributed by atoms with Crippen LogP contribution in [0.2, 0.25) is 5.02 Å². The van der Waals surface area contributed by atoms with Gasteiger partial charge in [-0.05, 0) is 48.5 Å². The van der Waals surface area contributed by atoms with E-state index in [0.717, 1.165) is 5.56 Å². The molecule has 2 heterocycles. The molecular weight excluding hydrogens is 478 g/mol. The van der Waals surface area contributed by atoms with Gasteiger partial charge in [-0.2, -0.15) is 0 Å². The Kier molecular flexibility index (Phi) is 5.26. The van der Waals surface area contributed by atoms with Crippen LogP contribution in [-0.2, 0) is 24.1 Å². The van der Waals surface area contributed by atoms with Gasteiger partial charge in [0.2, 0.25) is 11.8 Å². The fourth-order valence-corrected chi connectivity index (χ4v) is 4.98. The van der Waals surface area contributed by atoms with Gasteiger partial charge in [0.25, 0.3) is 10.0 Å². The monoisotopic (exact) mass is 495 g/mol. The third-order valence-corrected chi connectivity index (χ3v) is 7.14. The first-order chi connectivity index (χ1) is 16.2. The number of rotatable bonds is 5. The van der Waals surface area contributed by atoms with Gasteiger partial charge in [0, 0.05) is 19.7 Å². The number of benzene rings is 3. The lowest BCUT2D eigenvalue weighted by atomic mass is 10.2. The number of halogens is 1. The van der Waals surface area contributed by atoms with Crippen LogP contribution in [0.5, 0.6) is 0 Å². The quantitative estimate of drug-likeness (QED) is 0.393. The van der Waals surface area contributed by atoms with Crippen molar-refractivity contribution in [3.63, 3.8) is 0 Å². The summed E-state index contributed by atoms with van der Waals surface area (Å²) in [7, 11) is -0.713. The number of imidazole rings is 1. The van der Waals surface area contributed by atoms with Crippen LogP contribution in [0.3, 0.4) is 0 Å². The minimum atomic E-state index is -3.94. The van der Waals surface area contributed by atoms with Crippen LogP contribution in [0.4, 0.5) is 5.69 Å². The van der Waals surface area contributed by atoms with E-state index in [0.29, 0.717) is 22.5 Å². The van der Waals surface area contributed by atoms with Crippen LogP contribution in [0.15, 0.2) is 80.8 Å². The largest absolute Gasteiger partial charge is 0.416 e. The van der Waals surface area contributed by atoms with Crippen LogP contribution in [0, 0.1) is 0 Å². The Balaban J connectivity index is 1.43. The van der Waals surface area contributed by atoms with Crippen LogP contribution < -0.4 is 10.4 Å². The Bertz CT molecular complexity index is 1700. The molecule has 0 unspecified atom stereocenters. The molecule has 0 bridgehead atoms. The van der Waals surface area contributed by atoms with Gasteiger partial charge in [-0.15, -0.1) is 10.2 Å². The van der Waals surface area contributed by atoms with Crippen molar-refractivity contribution in [1.29, 1.82) is 0 Å². The summed E-state index contributed by atoms with van der Waals surface area (Å²) in [6.07, 6.45) is 0. The zero-order chi connectivity index (χ0) is 24.0. The summed E-state index contributed by atoms with van der Waals surface area (Å²) < 4.78 is 37.1. The summed E-state index contributed by atoms with van der Waals surface area (Å²) >= 11 is 6.41. The number of sulfonamides is 1. The van der Waals surface area contributed by atoms with Crippen LogP contribution in [0.25, 0.3) is 33.9 Å². The standard InChI is InChI=1S/C23H18ClN5O4S/c1-28-19-11-9-16(13-20(19)29(2)23(28)30)34(31,32)27-15-8-10-17(18(24)12-15)22-26-25-21(33-22)14-6-4-3-5-7-14/h3-13,27H,1-2H3. The van der Waals surface area contributed by atoms with Crippen LogP contribution in [0.1, 0.15) is 0 Å². The van der Waals surface area contributed by atoms with E-state index in [-0.39, 0.29) is 27.2 Å². The zero-order valence-electron chi connectivity index (χ0n) is 18.1. The molecule has 172 valence electrons. The maximum Gasteiger partial charge on any atom is 0.328 e. The van der Waals surface area contributed by atoms with Gasteiger partial charge in [-0.25, -0.2) is 13.2 Å². The molecule has 0 saturated heterocycles. The summed E-state index contributed by atoms with van der Waals surface area (Å²) in [5.74, 6) is 0.566. The SMILES string of the molecule is Cn1c(=O)n(C)c2cc(S(=O)(=O)Nc3ccc(-c4nnc(-c5ccccc5)o4)c(Cl)c3)ccc21. The topological polar surface area (TPSA) is 112 Å². The highest BCUT2D eigenvalue weighted by atomic mass is 35.5. The normalized spacial score (nSPS) is 11.7. The summed E-state index contributed by atoms with van der Waals surface area (Å²) in [5.41, 5.74) is 2.41. The number of anilines is 1. The van der Waals surface area contributed by atoms with Crippen molar-refractivity contribution in [2.24, 2.45) is 14.1 Å². The molecule has 0 atom stereocenters. The first-order valence-corrected chi connectivity index (χ1v) is 12.0. The van der Waals surface area contributed by atoms with Crippen LogP contribution in [-0.4, -0.2) is 27.7 Å². The molecule has 0 amide bonds. The minimum Gasteiger partial charge on any atom is -0.416 e. The average molecular weight is 496 g/mol. The third kappa shape index (κ3) is 3.76. The lowest BCUT2D eigenvalue weighted by Crippen LogP contribution is -2.19. The van der Waals surface area contributed by atoms with Crippen molar-refractivity contribution in [2.75, 3.05) is 4.72 Å². The number of hydrogen-bond donors (Lipinski definition) is 1. The Hall–Kier alpha value is -3.89. The first kappa shape index (κ1) is 21.9. The highest BCUT2D eigenvalue weighted by Gasteiger charge is 2.19. The van der Waals surface area contributed by atoms with Crippen molar-refractivity contribution in [2.45, 2.75) is 4.90 Å². The Morgan fingerprint density at radius 2 is 1.59 bits per heavy atom. The molecule has 0 radical (unpaired) electrons. The number of fused-ring (bicyclic) bond motifs is 1. The van der Waals surface area contributed by atoms with Crippen molar-refractivity contribution in [1.82, 2.24) is 19.3 Å². The number of aromatic nitrogens is 4. The number of aryl methyl sites for hydroxylation is 2.